The zero-order valence-electron chi connectivity index (χ0n) is 16.8. The van der Waals surface area contributed by atoms with Crippen LogP contribution in [0.15, 0.2) is 41.0 Å². The van der Waals surface area contributed by atoms with Crippen LogP contribution in [0.25, 0.3) is 0 Å². The van der Waals surface area contributed by atoms with Crippen molar-refractivity contribution in [1.82, 2.24) is 10.2 Å². The molecule has 8 heteroatoms. The first-order valence-corrected chi connectivity index (χ1v) is 9.29. The van der Waals surface area contributed by atoms with E-state index in [2.05, 4.69) is 27.2 Å². The molecule has 1 aliphatic rings. The zero-order chi connectivity index (χ0) is 20.4. The summed E-state index contributed by atoms with van der Waals surface area (Å²) < 4.78 is 10.5. The maximum atomic E-state index is 12.6. The third kappa shape index (κ3) is 6.00. The molecule has 1 heterocycles. The summed E-state index contributed by atoms with van der Waals surface area (Å²) in [5.41, 5.74) is 0.623. The van der Waals surface area contributed by atoms with E-state index in [1.807, 2.05) is 11.8 Å². The van der Waals surface area contributed by atoms with Gasteiger partial charge in [0.15, 0.2) is 0 Å². The van der Waals surface area contributed by atoms with Gasteiger partial charge in [0.2, 0.25) is 5.96 Å². The van der Waals surface area contributed by atoms with E-state index in [4.69, 9.17) is 9.47 Å². The molecular weight excluding hydrogens is 358 g/mol. The van der Waals surface area contributed by atoms with E-state index in [1.165, 1.54) is 0 Å². The van der Waals surface area contributed by atoms with Crippen molar-refractivity contribution in [2.45, 2.75) is 19.8 Å². The Hall–Kier alpha value is -3.03. The molecule has 1 saturated heterocycles. The highest BCUT2D eigenvalue weighted by atomic mass is 16.5. The second kappa shape index (κ2) is 11.0. The number of nitrogens with one attached hydrogen (secondary N) is 2. The third-order valence-corrected chi connectivity index (χ3v) is 4.53. The summed E-state index contributed by atoms with van der Waals surface area (Å²) in [5, 5.41) is 5.84. The molecule has 0 aliphatic carbocycles. The highest BCUT2D eigenvalue weighted by Crippen LogP contribution is 2.29. The van der Waals surface area contributed by atoms with Gasteiger partial charge in [0, 0.05) is 31.9 Å². The Morgan fingerprint density at radius 3 is 2.68 bits per heavy atom. The predicted molar refractivity (Wildman–Crippen MR) is 113 cm³/mol. The molecule has 1 aliphatic heterocycles. The summed E-state index contributed by atoms with van der Waals surface area (Å²) in [4.78, 5) is 23.1. The second-order valence-corrected chi connectivity index (χ2v) is 6.33. The smallest absolute Gasteiger partial charge is 0.321 e. The number of piperidine rings is 1. The van der Waals surface area contributed by atoms with Gasteiger partial charge in [-0.1, -0.05) is 6.58 Å². The molecule has 0 radical (unpaired) electrons. The molecule has 2 rings (SSSR count). The first-order valence-electron chi connectivity index (χ1n) is 9.29. The minimum Gasteiger partial charge on any atom is -0.497 e. The van der Waals surface area contributed by atoms with Crippen LogP contribution in [0, 0.1) is 5.92 Å². The first-order chi connectivity index (χ1) is 13.6. The van der Waals surface area contributed by atoms with Crippen LogP contribution < -0.4 is 20.1 Å². The maximum Gasteiger partial charge on any atom is 0.321 e. The van der Waals surface area contributed by atoms with Gasteiger partial charge in [-0.15, -0.1) is 0 Å². The fourth-order valence-corrected chi connectivity index (χ4v) is 2.97. The lowest BCUT2D eigenvalue weighted by atomic mass is 9.97. The van der Waals surface area contributed by atoms with Gasteiger partial charge in [-0.2, -0.15) is 0 Å². The molecule has 1 aromatic carbocycles. The van der Waals surface area contributed by atoms with Crippen LogP contribution in [0.2, 0.25) is 0 Å². The molecule has 0 spiro atoms. The minimum atomic E-state index is -0.130. The largest absolute Gasteiger partial charge is 0.497 e. The highest BCUT2D eigenvalue weighted by Gasteiger charge is 2.23. The minimum absolute atomic E-state index is 0.130. The molecule has 8 nitrogen and oxygen atoms in total. The van der Waals surface area contributed by atoms with E-state index < -0.39 is 0 Å². The first kappa shape index (κ1) is 21.3. The van der Waals surface area contributed by atoms with E-state index >= 15 is 0 Å². The Morgan fingerprint density at radius 2 is 2.07 bits per heavy atom. The van der Waals surface area contributed by atoms with Crippen molar-refractivity contribution >= 4 is 23.9 Å². The normalized spacial score (nSPS) is 15.4. The van der Waals surface area contributed by atoms with Crippen LogP contribution in [0.3, 0.4) is 0 Å². The lowest BCUT2D eigenvalue weighted by Crippen LogP contribution is -2.41. The average Bonchev–Trinajstić information content (AvgIpc) is 2.73. The van der Waals surface area contributed by atoms with Gasteiger partial charge in [-0.25, -0.2) is 9.79 Å². The molecule has 0 atom stereocenters. The Balaban J connectivity index is 1.88. The molecule has 1 fully saturated rings. The van der Waals surface area contributed by atoms with Crippen molar-refractivity contribution in [2.75, 3.05) is 39.2 Å². The number of anilines is 1. The van der Waals surface area contributed by atoms with Crippen LogP contribution in [-0.2, 0) is 0 Å². The van der Waals surface area contributed by atoms with Crippen LogP contribution in [0.1, 0.15) is 19.8 Å². The van der Waals surface area contributed by atoms with E-state index in [-0.39, 0.29) is 6.03 Å². The SMILES string of the molecule is C=CNC(=NCC1CCN(C(=O)Nc2ccc(OC)cc2OC)CC1)/N=C/C. The summed E-state index contributed by atoms with van der Waals surface area (Å²) in [5.74, 6) is 2.22. The fourth-order valence-electron chi connectivity index (χ4n) is 2.97. The van der Waals surface area contributed by atoms with Gasteiger partial charge >= 0.3 is 6.03 Å². The molecule has 0 unspecified atom stereocenters. The van der Waals surface area contributed by atoms with Crippen LogP contribution in [-0.4, -0.2) is 57.0 Å². The monoisotopic (exact) mass is 387 g/mol. The number of hydrogen-bond donors (Lipinski definition) is 2. The van der Waals surface area contributed by atoms with Crippen LogP contribution in [0.4, 0.5) is 10.5 Å². The summed E-state index contributed by atoms with van der Waals surface area (Å²) in [6.07, 6.45) is 5.05. The van der Waals surface area contributed by atoms with Gasteiger partial charge in [0.05, 0.1) is 19.9 Å². The van der Waals surface area contributed by atoms with Crippen LogP contribution >= 0.6 is 0 Å². The molecule has 0 aromatic heterocycles. The number of guanidine groups is 1. The van der Waals surface area contributed by atoms with E-state index in [9.17, 15) is 4.79 Å². The Morgan fingerprint density at radius 1 is 1.32 bits per heavy atom. The summed E-state index contributed by atoms with van der Waals surface area (Å²) in [6.45, 7) is 7.52. The van der Waals surface area contributed by atoms with E-state index in [0.29, 0.717) is 48.7 Å². The Labute approximate surface area is 166 Å². The molecular formula is C20H29N5O3. The number of rotatable bonds is 6. The van der Waals surface area contributed by atoms with E-state index in [1.54, 1.807) is 44.8 Å². The Bertz CT molecular complexity index is 725. The Kier molecular flexibility index (Phi) is 8.33. The number of urea groups is 1. The van der Waals surface area contributed by atoms with Gasteiger partial charge in [0.25, 0.3) is 0 Å². The number of hydrogen-bond acceptors (Lipinski definition) is 4. The van der Waals surface area contributed by atoms with Crippen molar-refractivity contribution in [1.29, 1.82) is 0 Å². The number of benzene rings is 1. The predicted octanol–water partition coefficient (Wildman–Crippen LogP) is 3.13. The number of ether oxygens (including phenoxy) is 2. The number of nitrogens with zero attached hydrogens (tertiary/aromatic N) is 3. The zero-order valence-corrected chi connectivity index (χ0v) is 16.8. The standard InChI is InChI=1S/C20H29N5O3/c1-5-21-19(22-6-2)23-14-15-9-11-25(12-10-15)20(26)24-17-8-7-16(27-3)13-18(17)28-4/h5-8,13,15H,1,9-12,14H2,2-4H3,(H,21,23)(H,24,26)/b22-6+. The summed E-state index contributed by atoms with van der Waals surface area (Å²) >= 11 is 0. The van der Waals surface area contributed by atoms with Crippen molar-refractivity contribution in [3.05, 3.63) is 31.0 Å². The summed E-state index contributed by atoms with van der Waals surface area (Å²) in [7, 11) is 3.15. The quantitative estimate of drug-likeness (QED) is 0.580. The summed E-state index contributed by atoms with van der Waals surface area (Å²) in [6, 6.07) is 5.18. The molecule has 1 aromatic rings. The van der Waals surface area contributed by atoms with Crippen LogP contribution in [0.5, 0.6) is 11.5 Å². The number of likely N-dealkylation sites (tertiary alicyclic amines) is 1. The number of aliphatic imine (C=N–C) groups is 2. The average molecular weight is 387 g/mol. The van der Waals surface area contributed by atoms with Crippen molar-refractivity contribution < 1.29 is 14.3 Å². The highest BCUT2D eigenvalue weighted by molar-refractivity contribution is 5.91. The van der Waals surface area contributed by atoms with Gasteiger partial charge in [-0.05, 0) is 44.0 Å². The molecule has 0 bridgehead atoms. The fraction of sp³-hybridized carbons (Fsp3) is 0.450. The topological polar surface area (TPSA) is 87.6 Å². The van der Waals surface area contributed by atoms with Gasteiger partial charge < -0.3 is 25.0 Å². The lowest BCUT2D eigenvalue weighted by molar-refractivity contribution is 0.184. The molecule has 2 N–H and O–H groups in total. The number of methoxy groups -OCH3 is 2. The molecule has 28 heavy (non-hydrogen) atoms. The van der Waals surface area contributed by atoms with Crippen molar-refractivity contribution in [3.63, 3.8) is 0 Å². The van der Waals surface area contributed by atoms with Gasteiger partial charge in [0.1, 0.15) is 11.5 Å². The van der Waals surface area contributed by atoms with Crippen molar-refractivity contribution in [3.8, 4) is 11.5 Å². The van der Waals surface area contributed by atoms with E-state index in [0.717, 1.165) is 12.8 Å². The van der Waals surface area contributed by atoms with Crippen molar-refractivity contribution in [2.24, 2.45) is 15.9 Å². The number of carbonyl (C=O) groups is 1. The van der Waals surface area contributed by atoms with Gasteiger partial charge in [-0.3, -0.25) is 4.99 Å². The number of carbonyl (C=O) groups excluding carboxylic acids is 1. The second-order valence-electron chi connectivity index (χ2n) is 6.33. The maximum absolute atomic E-state index is 12.6. The molecule has 0 saturated carbocycles. The number of amides is 2. The third-order valence-electron chi connectivity index (χ3n) is 4.53. The lowest BCUT2D eigenvalue weighted by Gasteiger charge is -2.31. The molecule has 152 valence electrons. The molecule has 2 amide bonds.